The predicted octanol–water partition coefficient (Wildman–Crippen LogP) is 1.33. The van der Waals surface area contributed by atoms with Crippen LogP contribution in [0.4, 0.5) is 0 Å². The predicted molar refractivity (Wildman–Crippen MR) is 66.4 cm³/mol. The highest BCUT2D eigenvalue weighted by molar-refractivity contribution is 5.96. The van der Waals surface area contributed by atoms with Gasteiger partial charge in [0.25, 0.3) is 5.91 Å². The van der Waals surface area contributed by atoms with Crippen LogP contribution in [0.15, 0.2) is 18.5 Å². The van der Waals surface area contributed by atoms with E-state index in [1.165, 1.54) is 18.5 Å². The fraction of sp³-hybridized carbons (Fsp3) is 0.538. The largest absolute Gasteiger partial charge is 0.505 e. The molecule has 1 fully saturated rings. The van der Waals surface area contributed by atoms with Gasteiger partial charge in [-0.1, -0.05) is 6.92 Å². The standard InChI is InChI=1S/C13H18N2O3/c1-13(3-6-18-7-4-13)9-15-12(17)10-2-5-14-8-11(10)16/h2,5,8,16H,3-4,6-7,9H2,1H3,(H,15,17). The van der Waals surface area contributed by atoms with Gasteiger partial charge in [0, 0.05) is 26.0 Å². The first kappa shape index (κ1) is 12.8. The molecule has 1 aliphatic rings. The average molecular weight is 250 g/mol. The highest BCUT2D eigenvalue weighted by Gasteiger charge is 2.28. The van der Waals surface area contributed by atoms with Gasteiger partial charge in [-0.05, 0) is 24.3 Å². The third kappa shape index (κ3) is 2.98. The molecule has 0 aliphatic carbocycles. The summed E-state index contributed by atoms with van der Waals surface area (Å²) in [7, 11) is 0. The second-order valence-corrected chi connectivity index (χ2v) is 5.00. The molecule has 1 aromatic heterocycles. The Labute approximate surface area is 106 Å². The molecule has 0 saturated carbocycles. The van der Waals surface area contributed by atoms with E-state index in [4.69, 9.17) is 4.74 Å². The Kier molecular flexibility index (Phi) is 3.81. The van der Waals surface area contributed by atoms with Crippen LogP contribution in [0.5, 0.6) is 5.75 Å². The third-order valence-electron chi connectivity index (χ3n) is 3.42. The van der Waals surface area contributed by atoms with Crippen molar-refractivity contribution in [3.8, 4) is 5.75 Å². The Balaban J connectivity index is 1.94. The Hall–Kier alpha value is -1.62. The fourth-order valence-corrected chi connectivity index (χ4v) is 2.01. The SMILES string of the molecule is CC1(CNC(=O)c2ccncc2O)CCOCC1. The molecule has 1 aliphatic heterocycles. The summed E-state index contributed by atoms with van der Waals surface area (Å²) in [6, 6.07) is 1.51. The van der Waals surface area contributed by atoms with Crippen molar-refractivity contribution in [3.05, 3.63) is 24.0 Å². The van der Waals surface area contributed by atoms with Crippen molar-refractivity contribution in [1.82, 2.24) is 10.3 Å². The van der Waals surface area contributed by atoms with E-state index in [9.17, 15) is 9.90 Å². The van der Waals surface area contributed by atoms with E-state index >= 15 is 0 Å². The van der Waals surface area contributed by atoms with Crippen molar-refractivity contribution >= 4 is 5.91 Å². The maximum Gasteiger partial charge on any atom is 0.255 e. The van der Waals surface area contributed by atoms with Crippen molar-refractivity contribution < 1.29 is 14.6 Å². The molecule has 2 rings (SSSR count). The first-order valence-corrected chi connectivity index (χ1v) is 6.10. The minimum Gasteiger partial charge on any atom is -0.505 e. The molecule has 1 aromatic rings. The van der Waals surface area contributed by atoms with E-state index in [1.807, 2.05) is 0 Å². The van der Waals surface area contributed by atoms with Crippen LogP contribution in [0, 0.1) is 5.41 Å². The summed E-state index contributed by atoms with van der Waals surface area (Å²) >= 11 is 0. The van der Waals surface area contributed by atoms with Crippen LogP contribution in [0.1, 0.15) is 30.1 Å². The molecular weight excluding hydrogens is 232 g/mol. The number of amides is 1. The summed E-state index contributed by atoms with van der Waals surface area (Å²) in [6.07, 6.45) is 4.64. The molecule has 0 unspecified atom stereocenters. The van der Waals surface area contributed by atoms with Gasteiger partial charge in [0.15, 0.2) is 0 Å². The number of nitrogens with one attached hydrogen (secondary N) is 1. The van der Waals surface area contributed by atoms with Crippen LogP contribution in [0.2, 0.25) is 0 Å². The van der Waals surface area contributed by atoms with Gasteiger partial charge in [0.1, 0.15) is 5.75 Å². The number of pyridine rings is 1. The Morgan fingerprint density at radius 2 is 2.28 bits per heavy atom. The van der Waals surface area contributed by atoms with E-state index in [2.05, 4.69) is 17.2 Å². The van der Waals surface area contributed by atoms with Gasteiger partial charge in [-0.2, -0.15) is 0 Å². The quantitative estimate of drug-likeness (QED) is 0.849. The lowest BCUT2D eigenvalue weighted by molar-refractivity contribution is 0.0238. The molecular formula is C13H18N2O3. The molecule has 2 heterocycles. The first-order chi connectivity index (χ1) is 8.61. The molecule has 1 saturated heterocycles. The van der Waals surface area contributed by atoms with E-state index in [1.54, 1.807) is 0 Å². The summed E-state index contributed by atoms with van der Waals surface area (Å²) in [5, 5.41) is 12.4. The summed E-state index contributed by atoms with van der Waals surface area (Å²) in [5.41, 5.74) is 0.344. The van der Waals surface area contributed by atoms with Crippen LogP contribution in [-0.4, -0.2) is 35.8 Å². The number of carbonyl (C=O) groups excluding carboxylic acids is 1. The molecule has 98 valence electrons. The van der Waals surface area contributed by atoms with E-state index in [-0.39, 0.29) is 22.6 Å². The summed E-state index contributed by atoms with van der Waals surface area (Å²) < 4.78 is 5.31. The summed E-state index contributed by atoms with van der Waals surface area (Å²) in [6.45, 7) is 4.22. The lowest BCUT2D eigenvalue weighted by Crippen LogP contribution is -2.39. The molecule has 1 amide bonds. The number of hydrogen-bond donors (Lipinski definition) is 2. The molecule has 18 heavy (non-hydrogen) atoms. The molecule has 2 N–H and O–H groups in total. The second kappa shape index (κ2) is 5.35. The fourth-order valence-electron chi connectivity index (χ4n) is 2.01. The van der Waals surface area contributed by atoms with Crippen molar-refractivity contribution in [1.29, 1.82) is 0 Å². The number of ether oxygens (including phenoxy) is 1. The zero-order valence-electron chi connectivity index (χ0n) is 10.5. The Bertz CT molecular complexity index is 428. The second-order valence-electron chi connectivity index (χ2n) is 5.00. The van der Waals surface area contributed by atoms with Gasteiger partial charge in [-0.25, -0.2) is 0 Å². The average Bonchev–Trinajstić information content (AvgIpc) is 2.38. The molecule has 0 spiro atoms. The van der Waals surface area contributed by atoms with Gasteiger partial charge in [0.05, 0.1) is 11.8 Å². The smallest absolute Gasteiger partial charge is 0.255 e. The third-order valence-corrected chi connectivity index (χ3v) is 3.42. The highest BCUT2D eigenvalue weighted by Crippen LogP contribution is 2.28. The number of hydrogen-bond acceptors (Lipinski definition) is 4. The van der Waals surface area contributed by atoms with Crippen molar-refractivity contribution in [2.45, 2.75) is 19.8 Å². The Morgan fingerprint density at radius 1 is 1.56 bits per heavy atom. The summed E-state index contributed by atoms with van der Waals surface area (Å²) in [4.78, 5) is 15.7. The van der Waals surface area contributed by atoms with E-state index < -0.39 is 0 Å². The van der Waals surface area contributed by atoms with Crippen molar-refractivity contribution in [2.24, 2.45) is 5.41 Å². The number of aromatic nitrogens is 1. The van der Waals surface area contributed by atoms with Crippen LogP contribution in [0.3, 0.4) is 0 Å². The van der Waals surface area contributed by atoms with Gasteiger partial charge in [-0.3, -0.25) is 9.78 Å². The van der Waals surface area contributed by atoms with E-state index in [0.29, 0.717) is 6.54 Å². The van der Waals surface area contributed by atoms with Crippen LogP contribution < -0.4 is 5.32 Å². The zero-order chi connectivity index (χ0) is 13.0. The monoisotopic (exact) mass is 250 g/mol. The lowest BCUT2D eigenvalue weighted by atomic mass is 9.82. The molecule has 5 nitrogen and oxygen atoms in total. The maximum atomic E-state index is 11.9. The Morgan fingerprint density at radius 3 is 2.94 bits per heavy atom. The number of rotatable bonds is 3. The molecule has 0 radical (unpaired) electrons. The molecule has 0 atom stereocenters. The van der Waals surface area contributed by atoms with Crippen LogP contribution in [0.25, 0.3) is 0 Å². The van der Waals surface area contributed by atoms with Gasteiger partial charge < -0.3 is 15.2 Å². The van der Waals surface area contributed by atoms with Crippen LogP contribution >= 0.6 is 0 Å². The van der Waals surface area contributed by atoms with Crippen molar-refractivity contribution in [2.75, 3.05) is 19.8 Å². The highest BCUT2D eigenvalue weighted by atomic mass is 16.5. The summed E-state index contributed by atoms with van der Waals surface area (Å²) in [5.74, 6) is -0.352. The van der Waals surface area contributed by atoms with Crippen LogP contribution in [-0.2, 0) is 4.74 Å². The molecule has 0 aromatic carbocycles. The maximum absolute atomic E-state index is 11.9. The lowest BCUT2D eigenvalue weighted by Gasteiger charge is -2.33. The van der Waals surface area contributed by atoms with Crippen molar-refractivity contribution in [3.63, 3.8) is 0 Å². The zero-order valence-corrected chi connectivity index (χ0v) is 10.5. The number of aromatic hydroxyl groups is 1. The van der Waals surface area contributed by atoms with Gasteiger partial charge in [-0.15, -0.1) is 0 Å². The molecule has 5 heteroatoms. The van der Waals surface area contributed by atoms with Gasteiger partial charge in [0.2, 0.25) is 0 Å². The number of carbonyl (C=O) groups is 1. The normalized spacial score (nSPS) is 18.3. The molecule has 0 bridgehead atoms. The topological polar surface area (TPSA) is 71.5 Å². The minimum absolute atomic E-state index is 0.0799. The van der Waals surface area contributed by atoms with Gasteiger partial charge >= 0.3 is 0 Å². The number of nitrogens with zero attached hydrogens (tertiary/aromatic N) is 1. The first-order valence-electron chi connectivity index (χ1n) is 6.10. The van der Waals surface area contributed by atoms with E-state index in [0.717, 1.165) is 26.1 Å². The minimum atomic E-state index is -0.261.